The monoisotopic (exact) mass is 631 g/mol. The summed E-state index contributed by atoms with van der Waals surface area (Å²) in [6.45, 7) is 3.87. The van der Waals surface area contributed by atoms with Gasteiger partial charge in [-0.3, -0.25) is 19.2 Å². The molecule has 232 valence electrons. The van der Waals surface area contributed by atoms with Gasteiger partial charge in [0.05, 0.1) is 17.4 Å². The quantitative estimate of drug-likeness (QED) is 0.143. The van der Waals surface area contributed by atoms with Gasteiger partial charge in [-0.05, 0) is 67.4 Å². The molecule has 0 radical (unpaired) electrons. The van der Waals surface area contributed by atoms with Crippen LogP contribution >= 0.6 is 11.8 Å². The Morgan fingerprint density at radius 1 is 0.891 bits per heavy atom. The maximum Gasteiger partial charge on any atom is 0.272 e. The average Bonchev–Trinajstić information content (AvgIpc) is 3.44. The van der Waals surface area contributed by atoms with Crippen LogP contribution < -0.4 is 21.0 Å². The minimum absolute atomic E-state index is 0.00248. The van der Waals surface area contributed by atoms with Crippen molar-refractivity contribution >= 4 is 58.7 Å². The number of hydrogen-bond acceptors (Lipinski definition) is 6. The molecule has 0 aromatic heterocycles. The number of nitrogens with zero attached hydrogens (tertiary/aromatic N) is 2. The van der Waals surface area contributed by atoms with Gasteiger partial charge in [0, 0.05) is 16.1 Å². The fraction of sp³-hybridized carbons (Fsp3) is 0.139. The van der Waals surface area contributed by atoms with Gasteiger partial charge in [-0.2, -0.15) is 10.1 Å². The molecule has 1 aliphatic heterocycles. The smallest absolute Gasteiger partial charge is 0.272 e. The third-order valence-corrected chi connectivity index (χ3v) is 8.35. The van der Waals surface area contributed by atoms with Crippen molar-refractivity contribution in [2.45, 2.75) is 36.8 Å². The number of amides is 4. The summed E-state index contributed by atoms with van der Waals surface area (Å²) in [4.78, 5) is 52.9. The van der Waals surface area contributed by atoms with Crippen molar-refractivity contribution in [1.29, 1.82) is 0 Å². The van der Waals surface area contributed by atoms with Crippen LogP contribution in [0.2, 0.25) is 0 Å². The number of thioether (sulfide) groups is 1. The second-order valence-electron chi connectivity index (χ2n) is 10.5. The molecule has 5 rings (SSSR count). The van der Waals surface area contributed by atoms with Crippen molar-refractivity contribution in [2.75, 3.05) is 10.3 Å². The van der Waals surface area contributed by atoms with Crippen LogP contribution in [0.1, 0.15) is 41.3 Å². The first-order valence-corrected chi connectivity index (χ1v) is 15.7. The van der Waals surface area contributed by atoms with Gasteiger partial charge in [0.15, 0.2) is 0 Å². The Balaban J connectivity index is 1.27. The van der Waals surface area contributed by atoms with Crippen LogP contribution in [0, 0.1) is 6.92 Å². The molecule has 0 aliphatic carbocycles. The van der Waals surface area contributed by atoms with E-state index in [0.29, 0.717) is 29.2 Å². The van der Waals surface area contributed by atoms with Crippen LogP contribution in [0.4, 0.5) is 11.4 Å². The highest BCUT2D eigenvalue weighted by Gasteiger charge is 2.28. The van der Waals surface area contributed by atoms with E-state index in [1.807, 2.05) is 68.4 Å². The van der Waals surface area contributed by atoms with Crippen molar-refractivity contribution < 1.29 is 19.2 Å². The SMILES string of the molecule is CCC(Sc1cccc(NC(=O)/C(=C/c2ccc(C)cc2)NC(=O)c2ccccc2)c1)C(=O)NC1=NN(c2ccccc2)C(=O)C1. The maximum atomic E-state index is 13.5. The highest BCUT2D eigenvalue weighted by atomic mass is 32.2. The van der Waals surface area contributed by atoms with Crippen molar-refractivity contribution in [3.63, 3.8) is 0 Å². The molecule has 0 saturated carbocycles. The Morgan fingerprint density at radius 3 is 2.28 bits per heavy atom. The summed E-state index contributed by atoms with van der Waals surface area (Å²) in [7, 11) is 0. The zero-order valence-electron chi connectivity index (χ0n) is 25.4. The minimum atomic E-state index is -0.497. The Kier molecular flexibility index (Phi) is 10.4. The molecule has 1 unspecified atom stereocenters. The Hall–Kier alpha value is -5.48. The molecule has 10 heteroatoms. The molecule has 1 atom stereocenters. The molecule has 0 spiro atoms. The molecule has 46 heavy (non-hydrogen) atoms. The Labute approximate surface area is 271 Å². The van der Waals surface area contributed by atoms with Crippen molar-refractivity contribution in [3.8, 4) is 0 Å². The molecule has 0 saturated heterocycles. The number of aryl methyl sites for hydroxylation is 1. The van der Waals surface area contributed by atoms with Crippen LogP contribution in [0.3, 0.4) is 0 Å². The van der Waals surface area contributed by atoms with Gasteiger partial charge in [0.2, 0.25) is 5.91 Å². The lowest BCUT2D eigenvalue weighted by Crippen LogP contribution is -2.36. The predicted molar refractivity (Wildman–Crippen MR) is 182 cm³/mol. The summed E-state index contributed by atoms with van der Waals surface area (Å²) < 4.78 is 0. The molecule has 0 fully saturated rings. The van der Waals surface area contributed by atoms with Gasteiger partial charge >= 0.3 is 0 Å². The average molecular weight is 632 g/mol. The van der Waals surface area contributed by atoms with Crippen LogP contribution in [-0.4, -0.2) is 34.7 Å². The molecule has 4 aromatic carbocycles. The normalized spacial score (nSPS) is 13.5. The van der Waals surface area contributed by atoms with E-state index in [2.05, 4.69) is 21.1 Å². The Morgan fingerprint density at radius 2 is 1.59 bits per heavy atom. The maximum absolute atomic E-state index is 13.5. The van der Waals surface area contributed by atoms with E-state index in [-0.39, 0.29) is 23.9 Å². The van der Waals surface area contributed by atoms with E-state index in [4.69, 9.17) is 0 Å². The molecular formula is C36H33N5O4S. The van der Waals surface area contributed by atoms with Crippen LogP contribution in [0.5, 0.6) is 0 Å². The Bertz CT molecular complexity index is 1790. The lowest BCUT2D eigenvalue weighted by molar-refractivity contribution is -0.119. The van der Waals surface area contributed by atoms with E-state index in [1.165, 1.54) is 16.8 Å². The number of hydrogen-bond donors (Lipinski definition) is 3. The number of rotatable bonds is 10. The third kappa shape index (κ3) is 8.36. The topological polar surface area (TPSA) is 120 Å². The molecule has 9 nitrogen and oxygen atoms in total. The molecule has 1 aliphatic rings. The number of benzene rings is 4. The van der Waals surface area contributed by atoms with E-state index in [1.54, 1.807) is 60.7 Å². The summed E-state index contributed by atoms with van der Waals surface area (Å²) in [5, 5.41) is 13.6. The first-order chi connectivity index (χ1) is 22.3. The summed E-state index contributed by atoms with van der Waals surface area (Å²) >= 11 is 1.34. The van der Waals surface area contributed by atoms with Crippen LogP contribution in [-0.2, 0) is 14.4 Å². The van der Waals surface area contributed by atoms with Crippen LogP contribution in [0.15, 0.2) is 125 Å². The largest absolute Gasteiger partial charge is 0.321 e. The molecule has 1 heterocycles. The van der Waals surface area contributed by atoms with Gasteiger partial charge in [0.25, 0.3) is 17.7 Å². The van der Waals surface area contributed by atoms with Crippen molar-refractivity contribution in [1.82, 2.24) is 10.6 Å². The first kappa shape index (κ1) is 31.9. The highest BCUT2D eigenvalue weighted by Crippen LogP contribution is 2.28. The van der Waals surface area contributed by atoms with E-state index < -0.39 is 17.1 Å². The molecular weight excluding hydrogens is 598 g/mol. The highest BCUT2D eigenvalue weighted by molar-refractivity contribution is 8.00. The fourth-order valence-electron chi connectivity index (χ4n) is 4.60. The number of hydrazone groups is 1. The number of carbonyl (C=O) groups is 4. The summed E-state index contributed by atoms with van der Waals surface area (Å²) in [5.74, 6) is -1.10. The lowest BCUT2D eigenvalue weighted by Gasteiger charge is -2.15. The van der Waals surface area contributed by atoms with Gasteiger partial charge in [-0.15, -0.1) is 11.8 Å². The second-order valence-corrected chi connectivity index (χ2v) is 11.8. The number of para-hydroxylation sites is 1. The lowest BCUT2D eigenvalue weighted by atomic mass is 10.1. The number of anilines is 2. The summed E-state index contributed by atoms with van der Waals surface area (Å²) in [5.41, 5.74) is 3.47. The number of nitrogens with one attached hydrogen (secondary N) is 3. The standard InChI is InChI=1S/C36H33N5O4S/c1-3-31(36(45)39-32-23-33(42)41(40-32)28-14-8-5-9-15-28)46-29-16-10-13-27(22-29)37-35(44)30(21-25-19-17-24(2)18-20-25)38-34(43)26-11-6-4-7-12-26/h4-22,31H,3,23H2,1-2H3,(H,37,44)(H,38,43)(H,39,40,45)/b30-21-. The zero-order chi connectivity index (χ0) is 32.5. The first-order valence-electron chi connectivity index (χ1n) is 14.8. The third-order valence-electron chi connectivity index (χ3n) is 6.99. The van der Waals surface area contributed by atoms with Gasteiger partial charge < -0.3 is 16.0 Å². The van der Waals surface area contributed by atoms with Crippen molar-refractivity contribution in [2.24, 2.45) is 5.10 Å². The summed E-state index contributed by atoms with van der Waals surface area (Å²) in [6.07, 6.45) is 2.15. The molecule has 4 amide bonds. The van der Waals surface area contributed by atoms with Gasteiger partial charge in [-0.1, -0.05) is 79.2 Å². The van der Waals surface area contributed by atoms with Crippen molar-refractivity contribution in [3.05, 3.63) is 132 Å². The predicted octanol–water partition coefficient (Wildman–Crippen LogP) is 6.14. The van der Waals surface area contributed by atoms with Gasteiger partial charge in [-0.25, -0.2) is 0 Å². The number of carbonyl (C=O) groups excluding carboxylic acids is 4. The number of amidine groups is 1. The zero-order valence-corrected chi connectivity index (χ0v) is 26.2. The molecule has 0 bridgehead atoms. The van der Waals surface area contributed by atoms with Crippen LogP contribution in [0.25, 0.3) is 6.08 Å². The van der Waals surface area contributed by atoms with E-state index in [0.717, 1.165) is 16.0 Å². The second kappa shape index (κ2) is 15.0. The molecule has 4 aromatic rings. The molecule has 3 N–H and O–H groups in total. The summed E-state index contributed by atoms with van der Waals surface area (Å²) in [6, 6.07) is 32.5. The van der Waals surface area contributed by atoms with E-state index in [9.17, 15) is 19.2 Å². The van der Waals surface area contributed by atoms with Gasteiger partial charge in [0.1, 0.15) is 11.5 Å². The minimum Gasteiger partial charge on any atom is -0.321 e. The van der Waals surface area contributed by atoms with E-state index >= 15 is 0 Å². The fourth-order valence-corrected chi connectivity index (χ4v) is 5.61.